The van der Waals surface area contributed by atoms with Crippen LogP contribution in [-0.4, -0.2) is 29.9 Å². The molecule has 2 rings (SSSR count). The fourth-order valence-electron chi connectivity index (χ4n) is 2.38. The average Bonchev–Trinajstić information content (AvgIpc) is 3.16. The monoisotopic (exact) mass is 422 g/mol. The summed E-state index contributed by atoms with van der Waals surface area (Å²) >= 11 is 7.24. The molecule has 0 unspecified atom stereocenters. The second-order valence-electron chi connectivity index (χ2n) is 6.70. The van der Waals surface area contributed by atoms with Crippen molar-refractivity contribution in [2.75, 3.05) is 5.32 Å². The number of amides is 2. The Morgan fingerprint density at radius 1 is 1.14 bits per heavy atom. The number of aryl methyl sites for hydroxylation is 1. The number of halogens is 1. The van der Waals surface area contributed by atoms with Crippen molar-refractivity contribution in [3.05, 3.63) is 51.2 Å². The molecule has 150 valence electrons. The highest BCUT2D eigenvalue weighted by molar-refractivity contribution is 7.12. The molecule has 28 heavy (non-hydrogen) atoms. The van der Waals surface area contributed by atoms with Crippen LogP contribution in [0.4, 0.5) is 5.69 Å². The number of hydrogen-bond donors (Lipinski definition) is 2. The number of nitrogens with one attached hydrogen (secondary N) is 2. The lowest BCUT2D eigenvalue weighted by Gasteiger charge is -2.23. The molecule has 0 aliphatic heterocycles. The summed E-state index contributed by atoms with van der Waals surface area (Å²) in [6, 6.07) is 7.70. The van der Waals surface area contributed by atoms with E-state index in [9.17, 15) is 14.4 Å². The molecule has 2 N–H and O–H groups in total. The van der Waals surface area contributed by atoms with Gasteiger partial charge in [-0.25, -0.2) is 4.79 Å². The molecule has 0 fully saturated rings. The third-order valence-corrected chi connectivity index (χ3v) is 5.18. The molecular weight excluding hydrogens is 400 g/mol. The van der Waals surface area contributed by atoms with Gasteiger partial charge in [-0.3, -0.25) is 9.59 Å². The number of hydrogen-bond acceptors (Lipinski definition) is 5. The van der Waals surface area contributed by atoms with E-state index in [2.05, 4.69) is 10.6 Å². The van der Waals surface area contributed by atoms with Crippen molar-refractivity contribution in [3.63, 3.8) is 0 Å². The Labute approximate surface area is 173 Å². The summed E-state index contributed by atoms with van der Waals surface area (Å²) in [5, 5.41) is 7.65. The molecule has 1 heterocycles. The predicted molar refractivity (Wildman–Crippen MR) is 111 cm³/mol. The van der Waals surface area contributed by atoms with Crippen LogP contribution in [0.2, 0.25) is 5.02 Å². The van der Waals surface area contributed by atoms with Crippen molar-refractivity contribution in [2.24, 2.45) is 5.92 Å². The number of benzene rings is 1. The lowest BCUT2D eigenvalue weighted by molar-refractivity contribution is -0.156. The van der Waals surface area contributed by atoms with E-state index in [-0.39, 0.29) is 11.8 Å². The third-order valence-electron chi connectivity index (χ3n) is 4.07. The number of thiophene rings is 1. The summed E-state index contributed by atoms with van der Waals surface area (Å²) in [5.41, 5.74) is 1.38. The van der Waals surface area contributed by atoms with Crippen molar-refractivity contribution < 1.29 is 19.1 Å². The molecule has 2 atom stereocenters. The van der Waals surface area contributed by atoms with Crippen LogP contribution in [0, 0.1) is 12.8 Å². The molecule has 0 bridgehead atoms. The number of anilines is 1. The fourth-order valence-corrected chi connectivity index (χ4v) is 3.18. The van der Waals surface area contributed by atoms with Gasteiger partial charge < -0.3 is 15.4 Å². The van der Waals surface area contributed by atoms with Crippen molar-refractivity contribution in [1.82, 2.24) is 5.32 Å². The maximum atomic E-state index is 12.5. The van der Waals surface area contributed by atoms with Crippen LogP contribution in [0.15, 0.2) is 35.7 Å². The van der Waals surface area contributed by atoms with Crippen LogP contribution in [-0.2, 0) is 14.3 Å². The van der Waals surface area contributed by atoms with E-state index in [1.165, 1.54) is 18.3 Å². The first-order valence-corrected chi connectivity index (χ1v) is 10.1. The summed E-state index contributed by atoms with van der Waals surface area (Å²) in [5.74, 6) is -1.70. The summed E-state index contributed by atoms with van der Waals surface area (Å²) in [7, 11) is 0. The normalized spacial score (nSPS) is 12.9. The van der Waals surface area contributed by atoms with Gasteiger partial charge in [0, 0.05) is 10.7 Å². The van der Waals surface area contributed by atoms with Gasteiger partial charge in [0.05, 0.1) is 4.88 Å². The Morgan fingerprint density at radius 2 is 1.86 bits per heavy atom. The number of ether oxygens (including phenoxy) is 1. The van der Waals surface area contributed by atoms with Gasteiger partial charge in [-0.1, -0.05) is 37.6 Å². The highest BCUT2D eigenvalue weighted by Crippen LogP contribution is 2.20. The van der Waals surface area contributed by atoms with Crippen LogP contribution in [0.25, 0.3) is 0 Å². The smallest absolute Gasteiger partial charge is 0.329 e. The van der Waals surface area contributed by atoms with Crippen LogP contribution in [0.3, 0.4) is 0 Å². The molecule has 2 aromatic rings. The highest BCUT2D eigenvalue weighted by Gasteiger charge is 2.29. The minimum absolute atomic E-state index is 0.207. The Bertz CT molecular complexity index is 852. The first-order valence-electron chi connectivity index (χ1n) is 8.81. The van der Waals surface area contributed by atoms with Gasteiger partial charge in [0.2, 0.25) is 0 Å². The SMILES string of the molecule is Cc1ccc(Cl)cc1NC(=O)[C@H](C)OC(=O)[C@@H](NC(=O)c1cccs1)C(C)C. The average molecular weight is 423 g/mol. The molecule has 0 saturated carbocycles. The summed E-state index contributed by atoms with van der Waals surface area (Å²) in [4.78, 5) is 37.7. The molecule has 0 saturated heterocycles. The van der Waals surface area contributed by atoms with Crippen molar-refractivity contribution in [3.8, 4) is 0 Å². The van der Waals surface area contributed by atoms with Crippen LogP contribution < -0.4 is 10.6 Å². The van der Waals surface area contributed by atoms with Crippen LogP contribution in [0.5, 0.6) is 0 Å². The van der Waals surface area contributed by atoms with Gasteiger partial charge in [-0.05, 0) is 48.9 Å². The van der Waals surface area contributed by atoms with Gasteiger partial charge >= 0.3 is 5.97 Å². The standard InChI is InChI=1S/C20H23ClN2O4S/c1-11(2)17(23-19(25)16-6-5-9-28-16)20(26)27-13(4)18(24)22-15-10-14(21)8-7-12(15)3/h5-11,13,17H,1-4H3,(H,22,24)(H,23,25)/t13-,17-/m0/s1. The van der Waals surface area contributed by atoms with Crippen LogP contribution in [0.1, 0.15) is 36.0 Å². The van der Waals surface area contributed by atoms with Gasteiger partial charge in [-0.2, -0.15) is 0 Å². The van der Waals surface area contributed by atoms with Gasteiger partial charge in [0.15, 0.2) is 6.10 Å². The molecule has 0 aliphatic rings. The van der Waals surface area contributed by atoms with E-state index in [0.717, 1.165) is 5.56 Å². The zero-order valence-electron chi connectivity index (χ0n) is 16.1. The van der Waals surface area contributed by atoms with E-state index in [4.69, 9.17) is 16.3 Å². The van der Waals surface area contributed by atoms with Gasteiger partial charge in [0.1, 0.15) is 6.04 Å². The first kappa shape index (κ1) is 21.9. The summed E-state index contributed by atoms with van der Waals surface area (Å²) in [6.45, 7) is 6.89. The molecule has 8 heteroatoms. The number of carbonyl (C=O) groups is 3. The van der Waals surface area contributed by atoms with E-state index in [1.807, 2.05) is 6.92 Å². The zero-order chi connectivity index (χ0) is 20.8. The van der Waals surface area contributed by atoms with Gasteiger partial charge in [-0.15, -0.1) is 11.3 Å². The second kappa shape index (κ2) is 9.71. The highest BCUT2D eigenvalue weighted by atomic mass is 35.5. The Morgan fingerprint density at radius 3 is 2.46 bits per heavy atom. The maximum absolute atomic E-state index is 12.5. The molecule has 2 amide bonds. The number of esters is 1. The zero-order valence-corrected chi connectivity index (χ0v) is 17.7. The lowest BCUT2D eigenvalue weighted by atomic mass is 10.0. The summed E-state index contributed by atoms with van der Waals surface area (Å²) < 4.78 is 5.30. The number of carbonyl (C=O) groups excluding carboxylic acids is 3. The summed E-state index contributed by atoms with van der Waals surface area (Å²) in [6.07, 6.45) is -1.04. The van der Waals surface area contributed by atoms with Crippen LogP contribution >= 0.6 is 22.9 Å². The largest absolute Gasteiger partial charge is 0.451 e. The minimum Gasteiger partial charge on any atom is -0.451 e. The molecule has 6 nitrogen and oxygen atoms in total. The second-order valence-corrected chi connectivity index (χ2v) is 8.08. The van der Waals surface area contributed by atoms with Gasteiger partial charge in [0.25, 0.3) is 11.8 Å². The van der Waals surface area contributed by atoms with E-state index >= 15 is 0 Å². The Hall–Kier alpha value is -2.38. The minimum atomic E-state index is -1.04. The Kier molecular flexibility index (Phi) is 7.60. The maximum Gasteiger partial charge on any atom is 0.329 e. The molecule has 1 aromatic heterocycles. The van der Waals surface area contributed by atoms with Crippen molar-refractivity contribution in [2.45, 2.75) is 39.8 Å². The molecule has 0 aliphatic carbocycles. The number of rotatable bonds is 7. The molecule has 0 radical (unpaired) electrons. The molecular formula is C20H23ClN2O4S. The first-order chi connectivity index (χ1) is 13.2. The topological polar surface area (TPSA) is 84.5 Å². The van der Waals surface area contributed by atoms with E-state index in [1.54, 1.807) is 49.6 Å². The Balaban J connectivity index is 2.00. The molecule has 0 spiro atoms. The molecule has 1 aromatic carbocycles. The predicted octanol–water partition coefficient (Wildman–Crippen LogP) is 4.03. The fraction of sp³-hybridized carbons (Fsp3) is 0.350. The quantitative estimate of drug-likeness (QED) is 0.659. The third kappa shape index (κ3) is 5.81. The lowest BCUT2D eigenvalue weighted by Crippen LogP contribution is -2.47. The van der Waals surface area contributed by atoms with E-state index < -0.39 is 24.0 Å². The van der Waals surface area contributed by atoms with Crippen molar-refractivity contribution >= 4 is 46.4 Å². The van der Waals surface area contributed by atoms with Crippen molar-refractivity contribution in [1.29, 1.82) is 0 Å². The van der Waals surface area contributed by atoms with E-state index in [0.29, 0.717) is 15.6 Å².